The Labute approximate surface area is 173 Å². The van der Waals surface area contributed by atoms with Gasteiger partial charge in [0.25, 0.3) is 11.8 Å². The number of carbonyl (C=O) groups excluding carboxylic acids is 2. The van der Waals surface area contributed by atoms with Crippen molar-refractivity contribution in [2.45, 2.75) is 6.61 Å². The van der Waals surface area contributed by atoms with E-state index in [0.717, 1.165) is 5.56 Å². The standard InChI is InChI=1S/C23H17ClN2O3/c24-20-14-17(11-12-21(20)29-15-16-7-3-1-4-8-16)13-19-22(27)25-26(23(19)28)18-9-5-2-6-10-18/h1-14H,15H2,(H,25,27)/b19-13-. The Balaban J connectivity index is 1.51. The van der Waals surface area contributed by atoms with E-state index in [0.29, 0.717) is 28.6 Å². The van der Waals surface area contributed by atoms with E-state index in [4.69, 9.17) is 16.3 Å². The summed E-state index contributed by atoms with van der Waals surface area (Å²) < 4.78 is 5.76. The third-order valence-corrected chi connectivity index (χ3v) is 4.71. The number of hydrazine groups is 1. The maximum Gasteiger partial charge on any atom is 0.282 e. The molecule has 1 saturated heterocycles. The second-order valence-corrected chi connectivity index (χ2v) is 6.85. The molecule has 4 rings (SSSR count). The van der Waals surface area contributed by atoms with Crippen molar-refractivity contribution < 1.29 is 14.3 Å². The van der Waals surface area contributed by atoms with E-state index < -0.39 is 11.8 Å². The number of nitrogens with zero attached hydrogens (tertiary/aromatic N) is 1. The van der Waals surface area contributed by atoms with Crippen LogP contribution in [0.15, 0.2) is 84.4 Å². The van der Waals surface area contributed by atoms with Gasteiger partial charge in [-0.1, -0.05) is 66.2 Å². The minimum atomic E-state index is -0.459. The predicted octanol–water partition coefficient (Wildman–Crippen LogP) is 4.38. The van der Waals surface area contributed by atoms with Crippen molar-refractivity contribution in [2.24, 2.45) is 0 Å². The number of hydrogen-bond donors (Lipinski definition) is 1. The quantitative estimate of drug-likeness (QED) is 0.507. The molecule has 5 nitrogen and oxygen atoms in total. The zero-order chi connectivity index (χ0) is 20.2. The highest BCUT2D eigenvalue weighted by Crippen LogP contribution is 2.28. The first-order chi connectivity index (χ1) is 14.1. The van der Waals surface area contributed by atoms with Crippen LogP contribution in [0.5, 0.6) is 5.75 Å². The number of nitrogens with one attached hydrogen (secondary N) is 1. The van der Waals surface area contributed by atoms with Crippen molar-refractivity contribution in [3.8, 4) is 5.75 Å². The van der Waals surface area contributed by atoms with Gasteiger partial charge in [0.2, 0.25) is 0 Å². The summed E-state index contributed by atoms with van der Waals surface area (Å²) >= 11 is 6.33. The van der Waals surface area contributed by atoms with Gasteiger partial charge in [-0.3, -0.25) is 15.0 Å². The van der Waals surface area contributed by atoms with Gasteiger partial charge in [-0.05, 0) is 41.5 Å². The lowest BCUT2D eigenvalue weighted by molar-refractivity contribution is -0.117. The molecule has 1 fully saturated rings. The first-order valence-electron chi connectivity index (χ1n) is 9.00. The van der Waals surface area contributed by atoms with Gasteiger partial charge in [-0.2, -0.15) is 0 Å². The number of halogens is 1. The molecule has 1 N–H and O–H groups in total. The van der Waals surface area contributed by atoms with Crippen LogP contribution in [0.3, 0.4) is 0 Å². The Hall–Kier alpha value is -3.57. The fourth-order valence-corrected chi connectivity index (χ4v) is 3.19. The normalized spacial score (nSPS) is 14.9. The van der Waals surface area contributed by atoms with E-state index >= 15 is 0 Å². The minimum absolute atomic E-state index is 0.0443. The van der Waals surface area contributed by atoms with Crippen molar-refractivity contribution in [1.29, 1.82) is 0 Å². The van der Waals surface area contributed by atoms with Crippen LogP contribution in [-0.2, 0) is 16.2 Å². The Morgan fingerprint density at radius 2 is 1.62 bits per heavy atom. The fraction of sp³-hybridized carbons (Fsp3) is 0.0435. The van der Waals surface area contributed by atoms with Crippen LogP contribution in [-0.4, -0.2) is 11.8 Å². The number of anilines is 1. The Kier molecular flexibility index (Phi) is 5.31. The van der Waals surface area contributed by atoms with Crippen LogP contribution >= 0.6 is 11.6 Å². The van der Waals surface area contributed by atoms with Gasteiger partial charge in [0.05, 0.1) is 10.7 Å². The van der Waals surface area contributed by atoms with Crippen molar-refractivity contribution in [2.75, 3.05) is 5.01 Å². The molecule has 0 spiro atoms. The monoisotopic (exact) mass is 404 g/mol. The van der Waals surface area contributed by atoms with Crippen molar-refractivity contribution in [3.05, 3.63) is 101 Å². The number of para-hydroxylation sites is 1. The fourth-order valence-electron chi connectivity index (χ4n) is 2.94. The summed E-state index contributed by atoms with van der Waals surface area (Å²) in [4.78, 5) is 24.9. The van der Waals surface area contributed by atoms with Crippen LogP contribution in [0.2, 0.25) is 5.02 Å². The average molecular weight is 405 g/mol. The first-order valence-corrected chi connectivity index (χ1v) is 9.38. The summed E-state index contributed by atoms with van der Waals surface area (Å²) in [7, 11) is 0. The summed E-state index contributed by atoms with van der Waals surface area (Å²) in [6, 6.07) is 23.8. The smallest absolute Gasteiger partial charge is 0.282 e. The third-order valence-electron chi connectivity index (χ3n) is 4.41. The first kappa shape index (κ1) is 18.8. The van der Waals surface area contributed by atoms with E-state index in [1.54, 1.807) is 42.5 Å². The second kappa shape index (κ2) is 8.20. The number of rotatable bonds is 5. The summed E-state index contributed by atoms with van der Waals surface area (Å²) in [6.07, 6.45) is 1.52. The molecule has 0 aromatic heterocycles. The lowest BCUT2D eigenvalue weighted by Crippen LogP contribution is -2.35. The topological polar surface area (TPSA) is 58.6 Å². The van der Waals surface area contributed by atoms with Gasteiger partial charge in [0.1, 0.15) is 17.9 Å². The van der Waals surface area contributed by atoms with Gasteiger partial charge in [-0.15, -0.1) is 0 Å². The second-order valence-electron chi connectivity index (χ2n) is 6.44. The number of ether oxygens (including phenoxy) is 1. The Morgan fingerprint density at radius 3 is 2.31 bits per heavy atom. The summed E-state index contributed by atoms with van der Waals surface area (Å²) in [6.45, 7) is 0.397. The SMILES string of the molecule is O=C1NN(c2ccccc2)C(=O)/C1=C\c1ccc(OCc2ccccc2)c(Cl)c1. The molecular formula is C23H17ClN2O3. The molecule has 144 valence electrons. The minimum Gasteiger partial charge on any atom is -0.487 e. The molecule has 0 saturated carbocycles. The van der Waals surface area contributed by atoms with E-state index in [2.05, 4.69) is 5.43 Å². The summed E-state index contributed by atoms with van der Waals surface area (Å²) in [5.41, 5.74) is 4.88. The van der Waals surface area contributed by atoms with E-state index in [1.807, 2.05) is 36.4 Å². The van der Waals surface area contributed by atoms with Crippen molar-refractivity contribution >= 4 is 35.2 Å². The third kappa shape index (κ3) is 4.15. The molecule has 1 aliphatic rings. The molecule has 0 bridgehead atoms. The molecular weight excluding hydrogens is 388 g/mol. The van der Waals surface area contributed by atoms with E-state index in [-0.39, 0.29) is 5.57 Å². The predicted molar refractivity (Wildman–Crippen MR) is 112 cm³/mol. The highest BCUT2D eigenvalue weighted by molar-refractivity contribution is 6.33. The number of benzene rings is 3. The summed E-state index contributed by atoms with van der Waals surface area (Å²) in [5, 5.41) is 1.63. The molecule has 2 amide bonds. The molecule has 0 aliphatic carbocycles. The Morgan fingerprint density at radius 1 is 0.931 bits per heavy atom. The molecule has 29 heavy (non-hydrogen) atoms. The van der Waals surface area contributed by atoms with Gasteiger partial charge in [0, 0.05) is 0 Å². The van der Waals surface area contributed by atoms with Crippen LogP contribution in [0.1, 0.15) is 11.1 Å². The lowest BCUT2D eigenvalue weighted by Gasteiger charge is -2.13. The number of hydrogen-bond acceptors (Lipinski definition) is 3. The molecule has 3 aromatic rings. The Bertz CT molecular complexity index is 1080. The molecule has 1 heterocycles. The maximum atomic E-state index is 12.6. The van der Waals surface area contributed by atoms with Crippen molar-refractivity contribution in [1.82, 2.24) is 5.43 Å². The highest BCUT2D eigenvalue weighted by Gasteiger charge is 2.34. The zero-order valence-corrected chi connectivity index (χ0v) is 16.1. The highest BCUT2D eigenvalue weighted by atomic mass is 35.5. The van der Waals surface area contributed by atoms with Crippen molar-refractivity contribution in [3.63, 3.8) is 0 Å². The molecule has 0 atom stereocenters. The van der Waals surface area contributed by atoms with E-state index in [1.165, 1.54) is 11.1 Å². The van der Waals surface area contributed by atoms with Crippen LogP contribution < -0.4 is 15.2 Å². The molecule has 6 heteroatoms. The van der Waals surface area contributed by atoms with Gasteiger partial charge < -0.3 is 4.74 Å². The average Bonchev–Trinajstić information content (AvgIpc) is 3.03. The van der Waals surface area contributed by atoms with Gasteiger partial charge in [-0.25, -0.2) is 5.01 Å². The molecule has 0 unspecified atom stereocenters. The van der Waals surface area contributed by atoms with E-state index in [9.17, 15) is 9.59 Å². The lowest BCUT2D eigenvalue weighted by atomic mass is 10.1. The van der Waals surface area contributed by atoms with Crippen LogP contribution in [0, 0.1) is 0 Å². The van der Waals surface area contributed by atoms with Gasteiger partial charge >= 0.3 is 0 Å². The van der Waals surface area contributed by atoms with Gasteiger partial charge in [0.15, 0.2) is 0 Å². The number of carbonyl (C=O) groups is 2. The zero-order valence-electron chi connectivity index (χ0n) is 15.3. The van der Waals surface area contributed by atoms with Crippen LogP contribution in [0.4, 0.5) is 5.69 Å². The van der Waals surface area contributed by atoms with Crippen LogP contribution in [0.25, 0.3) is 6.08 Å². The number of amides is 2. The molecule has 0 radical (unpaired) electrons. The maximum absolute atomic E-state index is 12.6. The summed E-state index contributed by atoms with van der Waals surface area (Å²) in [5.74, 6) is -0.341. The molecule has 3 aromatic carbocycles. The molecule has 1 aliphatic heterocycles. The largest absolute Gasteiger partial charge is 0.487 e.